The van der Waals surface area contributed by atoms with Gasteiger partial charge in [0, 0.05) is 11.1 Å². The molecule has 8 heteroatoms. The number of rotatable bonds is 7. The van der Waals surface area contributed by atoms with E-state index >= 15 is 0 Å². The first-order valence-electron chi connectivity index (χ1n) is 9.97. The summed E-state index contributed by atoms with van der Waals surface area (Å²) in [4.78, 5) is 39.8. The van der Waals surface area contributed by atoms with Gasteiger partial charge < -0.3 is 10.4 Å². The van der Waals surface area contributed by atoms with Gasteiger partial charge >= 0.3 is 5.97 Å². The largest absolute Gasteiger partial charge is 0.477 e. The molecular formula is C24H21BrN2O4S. The van der Waals surface area contributed by atoms with Crippen molar-refractivity contribution in [2.45, 2.75) is 22.7 Å². The zero-order chi connectivity index (χ0) is 22.9. The molecule has 2 aliphatic heterocycles. The Labute approximate surface area is 198 Å². The highest BCUT2D eigenvalue weighted by molar-refractivity contribution is 9.08. The first kappa shape index (κ1) is 22.4. The molecule has 1 fully saturated rings. The number of amides is 2. The first-order chi connectivity index (χ1) is 15.4. The number of carbonyl (C=O) groups is 3. The van der Waals surface area contributed by atoms with Crippen LogP contribution in [0.1, 0.15) is 22.3 Å². The van der Waals surface area contributed by atoms with Gasteiger partial charge in [-0.25, -0.2) is 4.79 Å². The topological polar surface area (TPSA) is 86.7 Å². The highest BCUT2D eigenvalue weighted by Gasteiger charge is 2.66. The summed E-state index contributed by atoms with van der Waals surface area (Å²) in [7, 11) is 0. The van der Waals surface area contributed by atoms with E-state index in [1.54, 1.807) is 6.08 Å². The molecule has 0 aromatic heterocycles. The lowest BCUT2D eigenvalue weighted by molar-refractivity contribution is -0.160. The van der Waals surface area contributed by atoms with Gasteiger partial charge in [0.15, 0.2) is 5.54 Å². The molecule has 0 radical (unpaired) electrons. The smallest absolute Gasteiger partial charge is 0.352 e. The minimum absolute atomic E-state index is 0.0523. The highest BCUT2D eigenvalue weighted by Crippen LogP contribution is 2.51. The number of alkyl halides is 1. The molecule has 2 amide bonds. The average Bonchev–Trinajstić information content (AvgIpc) is 2.81. The van der Waals surface area contributed by atoms with Gasteiger partial charge in [-0.15, -0.1) is 11.8 Å². The highest BCUT2D eigenvalue weighted by atomic mass is 79.9. The van der Waals surface area contributed by atoms with Gasteiger partial charge in [0.25, 0.3) is 5.91 Å². The molecular weight excluding hydrogens is 492 g/mol. The van der Waals surface area contributed by atoms with Crippen molar-refractivity contribution in [1.29, 1.82) is 0 Å². The molecule has 32 heavy (non-hydrogen) atoms. The zero-order valence-electron chi connectivity index (χ0n) is 17.1. The molecule has 2 atom stereocenters. The Bertz CT molecular complexity index is 1130. The number of carboxylic acid groups (broad SMARTS) is 1. The first-order valence-corrected chi connectivity index (χ1v) is 12.1. The molecule has 2 aliphatic rings. The van der Waals surface area contributed by atoms with Gasteiger partial charge in [0.2, 0.25) is 5.91 Å². The number of carboxylic acids is 1. The maximum absolute atomic E-state index is 13.6. The Morgan fingerprint density at radius 3 is 2.66 bits per heavy atom. The molecule has 0 spiro atoms. The lowest BCUT2D eigenvalue weighted by Gasteiger charge is -2.57. The number of benzene rings is 2. The number of hydrogen-bond donors (Lipinski definition) is 2. The van der Waals surface area contributed by atoms with Crippen LogP contribution in [-0.4, -0.2) is 38.9 Å². The summed E-state index contributed by atoms with van der Waals surface area (Å²) in [5, 5.41) is 12.6. The van der Waals surface area contributed by atoms with E-state index in [1.165, 1.54) is 22.7 Å². The number of fused-ring (bicyclic) bond motifs is 1. The predicted octanol–water partition coefficient (Wildman–Crippen LogP) is 3.66. The molecule has 2 aromatic carbocycles. The number of carbonyl (C=O) groups excluding carboxylic acids is 2. The maximum atomic E-state index is 13.6. The van der Waals surface area contributed by atoms with Crippen LogP contribution in [0.2, 0.25) is 0 Å². The number of thioether (sulfide) groups is 1. The van der Waals surface area contributed by atoms with E-state index in [4.69, 9.17) is 0 Å². The Balaban J connectivity index is 1.79. The van der Waals surface area contributed by atoms with E-state index in [9.17, 15) is 19.5 Å². The Morgan fingerprint density at radius 2 is 2.00 bits per heavy atom. The second-order valence-electron chi connectivity index (χ2n) is 7.53. The Morgan fingerprint density at radius 1 is 1.25 bits per heavy atom. The van der Waals surface area contributed by atoms with Gasteiger partial charge in [-0.3, -0.25) is 14.5 Å². The summed E-state index contributed by atoms with van der Waals surface area (Å²) in [5.74, 6) is -1.51. The Kier molecular flexibility index (Phi) is 6.26. The number of nitrogens with one attached hydrogen (secondary N) is 1. The molecule has 164 valence electrons. The number of aliphatic carboxylic acids is 1. The molecule has 0 saturated carbocycles. The van der Waals surface area contributed by atoms with Crippen LogP contribution in [0.3, 0.4) is 0 Å². The fraction of sp³-hybridized carbons (Fsp3) is 0.208. The van der Waals surface area contributed by atoms with Crippen molar-refractivity contribution in [2.24, 2.45) is 0 Å². The van der Waals surface area contributed by atoms with E-state index in [0.29, 0.717) is 16.6 Å². The van der Waals surface area contributed by atoms with Crippen LogP contribution in [0.5, 0.6) is 0 Å². The lowest BCUT2D eigenvalue weighted by atomic mass is 9.76. The monoisotopic (exact) mass is 512 g/mol. The van der Waals surface area contributed by atoms with Gasteiger partial charge in [-0.2, -0.15) is 0 Å². The average molecular weight is 513 g/mol. The van der Waals surface area contributed by atoms with Crippen molar-refractivity contribution in [1.82, 2.24) is 10.2 Å². The van der Waals surface area contributed by atoms with Crippen LogP contribution in [-0.2, 0) is 31.7 Å². The van der Waals surface area contributed by atoms with Crippen LogP contribution >= 0.6 is 27.7 Å². The van der Waals surface area contributed by atoms with E-state index in [-0.39, 0.29) is 18.0 Å². The third kappa shape index (κ3) is 3.67. The Hall–Kier alpha value is -2.84. The second kappa shape index (κ2) is 8.96. The van der Waals surface area contributed by atoms with Crippen molar-refractivity contribution < 1.29 is 19.5 Å². The molecule has 1 saturated heterocycles. The summed E-state index contributed by atoms with van der Waals surface area (Å²) in [6.07, 6.45) is 3.28. The van der Waals surface area contributed by atoms with Crippen LogP contribution in [0.25, 0.3) is 6.08 Å². The fourth-order valence-electron chi connectivity index (χ4n) is 4.15. The summed E-state index contributed by atoms with van der Waals surface area (Å²) >= 11 is 4.88. The van der Waals surface area contributed by atoms with E-state index < -0.39 is 22.8 Å². The maximum Gasteiger partial charge on any atom is 0.352 e. The zero-order valence-corrected chi connectivity index (χ0v) is 19.5. The lowest BCUT2D eigenvalue weighted by Crippen LogP contribution is -2.77. The standard InChI is InChI=1S/C24H21BrN2O4S/c1-2-17-9-8-16(14-25)12-18(17)24(26-20(28)13-15-6-4-3-5-7-15)22(31)27-19(21(29)30)10-11-32-23(24)27/h2-10,12,23H,1,11,13-14H2,(H,26,28)(H,29,30)/t23-,24?/m0/s1. The molecule has 2 N–H and O–H groups in total. The molecule has 2 heterocycles. The predicted molar refractivity (Wildman–Crippen MR) is 128 cm³/mol. The quantitative estimate of drug-likeness (QED) is 0.436. The molecule has 1 unspecified atom stereocenters. The van der Waals surface area contributed by atoms with Crippen LogP contribution in [0, 0.1) is 0 Å². The van der Waals surface area contributed by atoms with Crippen molar-refractivity contribution in [2.75, 3.05) is 5.75 Å². The third-order valence-corrected chi connectivity index (χ3v) is 7.52. The van der Waals surface area contributed by atoms with Crippen molar-refractivity contribution >= 4 is 51.6 Å². The summed E-state index contributed by atoms with van der Waals surface area (Å²) < 4.78 is 0. The van der Waals surface area contributed by atoms with Gasteiger partial charge in [0.05, 0.1) is 6.42 Å². The second-order valence-corrected chi connectivity index (χ2v) is 9.21. The minimum atomic E-state index is -1.38. The van der Waals surface area contributed by atoms with Crippen molar-refractivity contribution in [3.05, 3.63) is 89.1 Å². The number of halogens is 1. The van der Waals surface area contributed by atoms with E-state index in [0.717, 1.165) is 16.7 Å². The fourth-order valence-corrected chi connectivity index (χ4v) is 5.83. The van der Waals surface area contributed by atoms with Crippen molar-refractivity contribution in [3.63, 3.8) is 0 Å². The van der Waals surface area contributed by atoms with Crippen LogP contribution in [0.4, 0.5) is 0 Å². The van der Waals surface area contributed by atoms with E-state index in [2.05, 4.69) is 27.8 Å². The van der Waals surface area contributed by atoms with Crippen LogP contribution in [0.15, 0.2) is 66.9 Å². The van der Waals surface area contributed by atoms with Crippen LogP contribution < -0.4 is 5.32 Å². The summed E-state index contributed by atoms with van der Waals surface area (Å²) in [5.41, 5.74) is 1.66. The van der Waals surface area contributed by atoms with Gasteiger partial charge in [0.1, 0.15) is 11.1 Å². The number of nitrogens with zero attached hydrogens (tertiary/aromatic N) is 1. The summed E-state index contributed by atoms with van der Waals surface area (Å²) in [6, 6.07) is 14.9. The van der Waals surface area contributed by atoms with Crippen molar-refractivity contribution in [3.8, 4) is 0 Å². The minimum Gasteiger partial charge on any atom is -0.477 e. The molecule has 4 rings (SSSR count). The molecule has 6 nitrogen and oxygen atoms in total. The molecule has 2 aromatic rings. The molecule has 0 aliphatic carbocycles. The molecule has 0 bridgehead atoms. The van der Waals surface area contributed by atoms with Gasteiger partial charge in [-0.1, -0.05) is 77.1 Å². The SMILES string of the molecule is C=Cc1ccc(CBr)cc1C1(NC(=O)Cc2ccccc2)C(=O)N2C(C(=O)O)=CCS[C@H]21. The van der Waals surface area contributed by atoms with E-state index in [1.807, 2.05) is 48.5 Å². The normalized spacial score (nSPS) is 21.8. The summed E-state index contributed by atoms with van der Waals surface area (Å²) in [6.45, 7) is 3.88. The van der Waals surface area contributed by atoms with Gasteiger partial charge in [-0.05, 0) is 28.3 Å². The number of hydrogen-bond acceptors (Lipinski definition) is 4. The third-order valence-electron chi connectivity index (χ3n) is 5.63. The number of β-lactam (4-membered cyclic amide) rings is 1.